The summed E-state index contributed by atoms with van der Waals surface area (Å²) in [4.78, 5) is 14.7. The molecule has 0 spiro atoms. The molecule has 23 heavy (non-hydrogen) atoms. The number of benzene rings is 1. The van der Waals surface area contributed by atoms with Gasteiger partial charge in [-0.05, 0) is 38.9 Å². The van der Waals surface area contributed by atoms with Gasteiger partial charge in [0, 0.05) is 25.7 Å². The maximum Gasteiger partial charge on any atom is 0.240 e. The number of amides is 1. The second-order valence-corrected chi connectivity index (χ2v) is 6.50. The molecule has 1 saturated heterocycles. The summed E-state index contributed by atoms with van der Waals surface area (Å²) in [6.45, 7) is 9.10. The van der Waals surface area contributed by atoms with Gasteiger partial charge in [-0.1, -0.05) is 24.3 Å². The molecule has 0 unspecified atom stereocenters. The summed E-state index contributed by atoms with van der Waals surface area (Å²) in [6.07, 6.45) is -0.0916. The molecule has 0 radical (unpaired) electrons. The van der Waals surface area contributed by atoms with Crippen LogP contribution in [0.5, 0.6) is 0 Å². The molecule has 128 valence electrons. The third kappa shape index (κ3) is 5.03. The third-order valence-corrected chi connectivity index (χ3v) is 4.47. The average Bonchev–Trinajstić information content (AvgIpc) is 2.54. The van der Waals surface area contributed by atoms with Crippen molar-refractivity contribution in [2.24, 2.45) is 0 Å². The maximum absolute atomic E-state index is 12.4. The summed E-state index contributed by atoms with van der Waals surface area (Å²) in [5, 5.41) is 6.26. The number of carbonyl (C=O) groups is 1. The van der Waals surface area contributed by atoms with Crippen LogP contribution in [-0.4, -0.2) is 49.2 Å². The van der Waals surface area contributed by atoms with Gasteiger partial charge in [0.25, 0.3) is 0 Å². The highest BCUT2D eigenvalue weighted by Crippen LogP contribution is 2.13. The first-order valence-electron chi connectivity index (χ1n) is 8.38. The molecule has 1 aliphatic rings. The van der Waals surface area contributed by atoms with Crippen molar-refractivity contribution in [3.05, 3.63) is 35.4 Å². The molecule has 1 heterocycles. The summed E-state index contributed by atoms with van der Waals surface area (Å²) in [5.41, 5.74) is 2.42. The van der Waals surface area contributed by atoms with Crippen LogP contribution in [0.4, 0.5) is 0 Å². The fourth-order valence-corrected chi connectivity index (χ4v) is 2.66. The van der Waals surface area contributed by atoms with Crippen LogP contribution in [0.1, 0.15) is 31.9 Å². The summed E-state index contributed by atoms with van der Waals surface area (Å²) >= 11 is 0. The average molecular weight is 319 g/mol. The Morgan fingerprint density at radius 1 is 1.39 bits per heavy atom. The number of nitrogens with one attached hydrogen (secondary N) is 2. The molecule has 1 aliphatic heterocycles. The summed E-state index contributed by atoms with van der Waals surface area (Å²) in [5.74, 6) is 0.00390. The summed E-state index contributed by atoms with van der Waals surface area (Å²) in [6, 6.07) is 8.50. The van der Waals surface area contributed by atoms with Gasteiger partial charge in [-0.3, -0.25) is 9.69 Å². The zero-order chi connectivity index (χ0) is 16.8. The van der Waals surface area contributed by atoms with E-state index in [4.69, 9.17) is 4.74 Å². The molecule has 2 N–H and O–H groups in total. The predicted molar refractivity (Wildman–Crippen MR) is 92.1 cm³/mol. The lowest BCUT2D eigenvalue weighted by molar-refractivity contribution is -0.129. The standard InChI is InChI=1S/C18H29N3O2/c1-13(2)21(4)12-16-8-6-5-7-15(16)11-20-18(22)17-14(3)23-10-9-19-17/h5-8,13-14,17,19H,9-12H2,1-4H3,(H,20,22)/t14-,17+/m1/s1. The summed E-state index contributed by atoms with van der Waals surface area (Å²) in [7, 11) is 2.12. The Labute approximate surface area is 139 Å². The van der Waals surface area contributed by atoms with E-state index < -0.39 is 0 Å². The molecule has 1 amide bonds. The Hall–Kier alpha value is -1.43. The topological polar surface area (TPSA) is 53.6 Å². The molecule has 2 rings (SSSR count). The number of rotatable bonds is 6. The largest absolute Gasteiger partial charge is 0.375 e. The van der Waals surface area contributed by atoms with Crippen LogP contribution in [0.15, 0.2) is 24.3 Å². The van der Waals surface area contributed by atoms with Crippen LogP contribution in [0, 0.1) is 0 Å². The summed E-state index contributed by atoms with van der Waals surface area (Å²) < 4.78 is 5.54. The smallest absolute Gasteiger partial charge is 0.240 e. The predicted octanol–water partition coefficient (Wildman–Crippen LogP) is 1.52. The Balaban J connectivity index is 1.96. The molecular formula is C18H29N3O2. The highest BCUT2D eigenvalue weighted by Gasteiger charge is 2.28. The maximum atomic E-state index is 12.4. The first-order valence-corrected chi connectivity index (χ1v) is 8.38. The first kappa shape index (κ1) is 17.9. The van der Waals surface area contributed by atoms with Crippen molar-refractivity contribution >= 4 is 5.91 Å². The quantitative estimate of drug-likeness (QED) is 0.835. The third-order valence-electron chi connectivity index (χ3n) is 4.47. The highest BCUT2D eigenvalue weighted by molar-refractivity contribution is 5.82. The van der Waals surface area contributed by atoms with Gasteiger partial charge in [-0.2, -0.15) is 0 Å². The van der Waals surface area contributed by atoms with Crippen LogP contribution in [0.25, 0.3) is 0 Å². The van der Waals surface area contributed by atoms with Gasteiger partial charge in [0.2, 0.25) is 5.91 Å². The van der Waals surface area contributed by atoms with Gasteiger partial charge in [-0.25, -0.2) is 0 Å². The van der Waals surface area contributed by atoms with Crippen LogP contribution in [0.3, 0.4) is 0 Å². The highest BCUT2D eigenvalue weighted by atomic mass is 16.5. The minimum absolute atomic E-state index is 0.00390. The van der Waals surface area contributed by atoms with Crippen LogP contribution >= 0.6 is 0 Å². The Morgan fingerprint density at radius 3 is 2.74 bits per heavy atom. The normalized spacial score (nSPS) is 21.7. The van der Waals surface area contributed by atoms with E-state index in [0.717, 1.165) is 18.7 Å². The van der Waals surface area contributed by atoms with E-state index in [2.05, 4.69) is 48.6 Å². The van der Waals surface area contributed by atoms with Crippen LogP contribution in [0.2, 0.25) is 0 Å². The Kier molecular flexibility index (Phi) is 6.57. The number of ether oxygens (including phenoxy) is 1. The zero-order valence-corrected chi connectivity index (χ0v) is 14.6. The fourth-order valence-electron chi connectivity index (χ4n) is 2.66. The van der Waals surface area contributed by atoms with Crippen LogP contribution in [-0.2, 0) is 22.6 Å². The van der Waals surface area contributed by atoms with Gasteiger partial charge < -0.3 is 15.4 Å². The lowest BCUT2D eigenvalue weighted by atomic mass is 10.1. The molecule has 1 aromatic rings. The van der Waals surface area contributed by atoms with E-state index in [0.29, 0.717) is 19.2 Å². The SMILES string of the molecule is CC(C)N(C)Cc1ccccc1CNC(=O)[C@H]1NCCO[C@@H]1C. The molecule has 1 fully saturated rings. The van der Waals surface area contributed by atoms with E-state index in [1.165, 1.54) is 5.56 Å². The number of hydrogen-bond donors (Lipinski definition) is 2. The molecule has 1 aromatic carbocycles. The molecule has 0 aliphatic carbocycles. The van der Waals surface area contributed by atoms with Crippen molar-refractivity contribution in [1.29, 1.82) is 0 Å². The minimum atomic E-state index is -0.269. The molecular weight excluding hydrogens is 290 g/mol. The van der Waals surface area contributed by atoms with Gasteiger partial charge in [0.05, 0.1) is 12.7 Å². The number of nitrogens with zero attached hydrogens (tertiary/aromatic N) is 1. The van der Waals surface area contributed by atoms with E-state index in [-0.39, 0.29) is 18.1 Å². The second-order valence-electron chi connectivity index (χ2n) is 6.50. The van der Waals surface area contributed by atoms with Gasteiger partial charge >= 0.3 is 0 Å². The number of hydrogen-bond acceptors (Lipinski definition) is 4. The van der Waals surface area contributed by atoms with Gasteiger partial charge in [0.1, 0.15) is 6.04 Å². The lowest BCUT2D eigenvalue weighted by Crippen LogP contribution is -2.55. The van der Waals surface area contributed by atoms with Gasteiger partial charge in [0.15, 0.2) is 0 Å². The Morgan fingerprint density at radius 2 is 2.09 bits per heavy atom. The molecule has 2 atom stereocenters. The van der Waals surface area contributed by atoms with E-state index in [1.807, 2.05) is 19.1 Å². The van der Waals surface area contributed by atoms with E-state index in [1.54, 1.807) is 0 Å². The molecule has 5 heteroatoms. The molecule has 5 nitrogen and oxygen atoms in total. The lowest BCUT2D eigenvalue weighted by Gasteiger charge is -2.29. The second kappa shape index (κ2) is 8.43. The Bertz CT molecular complexity index is 519. The number of morpholine rings is 1. The van der Waals surface area contributed by atoms with Crippen molar-refractivity contribution in [2.75, 3.05) is 20.2 Å². The fraction of sp³-hybridized carbons (Fsp3) is 0.611. The minimum Gasteiger partial charge on any atom is -0.375 e. The number of carbonyl (C=O) groups excluding carboxylic acids is 1. The molecule has 0 bridgehead atoms. The van der Waals surface area contributed by atoms with Crippen molar-refractivity contribution < 1.29 is 9.53 Å². The van der Waals surface area contributed by atoms with E-state index >= 15 is 0 Å². The van der Waals surface area contributed by atoms with Crippen molar-refractivity contribution in [2.45, 2.75) is 52.0 Å². The molecule has 0 saturated carbocycles. The monoisotopic (exact) mass is 319 g/mol. The first-order chi connectivity index (χ1) is 11.0. The van der Waals surface area contributed by atoms with Crippen LogP contribution < -0.4 is 10.6 Å². The van der Waals surface area contributed by atoms with E-state index in [9.17, 15) is 4.79 Å². The zero-order valence-electron chi connectivity index (χ0n) is 14.6. The van der Waals surface area contributed by atoms with Crippen molar-refractivity contribution in [3.63, 3.8) is 0 Å². The van der Waals surface area contributed by atoms with Crippen molar-refractivity contribution in [1.82, 2.24) is 15.5 Å². The molecule has 0 aromatic heterocycles. The van der Waals surface area contributed by atoms with Crippen molar-refractivity contribution in [3.8, 4) is 0 Å². The van der Waals surface area contributed by atoms with Gasteiger partial charge in [-0.15, -0.1) is 0 Å².